The van der Waals surface area contributed by atoms with Gasteiger partial charge in [-0.15, -0.1) is 6.58 Å². The highest BCUT2D eigenvalue weighted by Gasteiger charge is 2.11. The van der Waals surface area contributed by atoms with Gasteiger partial charge in [-0.1, -0.05) is 24.3 Å². The standard InChI is InChI=1S/C16H15NO2/c1-3-15(14-5-4-10-17-11-14)12-6-8-13(9-7-12)16(18)19-2/h3-11,15H,1H2,2H3. The molecule has 1 heterocycles. The van der Waals surface area contributed by atoms with Crippen molar-refractivity contribution in [2.45, 2.75) is 5.92 Å². The van der Waals surface area contributed by atoms with E-state index in [0.717, 1.165) is 11.1 Å². The lowest BCUT2D eigenvalue weighted by Gasteiger charge is -2.13. The highest BCUT2D eigenvalue weighted by Crippen LogP contribution is 2.25. The van der Waals surface area contributed by atoms with E-state index in [0.29, 0.717) is 5.56 Å². The van der Waals surface area contributed by atoms with Gasteiger partial charge in [0.05, 0.1) is 12.7 Å². The molecule has 3 nitrogen and oxygen atoms in total. The predicted molar refractivity (Wildman–Crippen MR) is 74.1 cm³/mol. The first-order valence-electron chi connectivity index (χ1n) is 5.97. The number of carbonyl (C=O) groups excluding carboxylic acids is 1. The van der Waals surface area contributed by atoms with Crippen LogP contribution in [0.15, 0.2) is 61.4 Å². The Balaban J connectivity index is 2.30. The van der Waals surface area contributed by atoms with Crippen molar-refractivity contribution < 1.29 is 9.53 Å². The fourth-order valence-corrected chi connectivity index (χ4v) is 1.97. The smallest absolute Gasteiger partial charge is 0.337 e. The lowest BCUT2D eigenvalue weighted by atomic mass is 9.92. The highest BCUT2D eigenvalue weighted by atomic mass is 16.5. The largest absolute Gasteiger partial charge is 0.465 e. The molecule has 1 atom stereocenters. The van der Waals surface area contributed by atoms with Crippen molar-refractivity contribution in [3.63, 3.8) is 0 Å². The molecule has 0 amide bonds. The van der Waals surface area contributed by atoms with Crippen LogP contribution in [0.5, 0.6) is 0 Å². The number of pyridine rings is 1. The summed E-state index contributed by atoms with van der Waals surface area (Å²) < 4.78 is 4.68. The van der Waals surface area contributed by atoms with Gasteiger partial charge in [-0.25, -0.2) is 4.79 Å². The van der Waals surface area contributed by atoms with Crippen LogP contribution in [-0.4, -0.2) is 18.1 Å². The maximum absolute atomic E-state index is 11.4. The summed E-state index contributed by atoms with van der Waals surface area (Å²) in [7, 11) is 1.37. The lowest BCUT2D eigenvalue weighted by molar-refractivity contribution is 0.0600. The van der Waals surface area contributed by atoms with Crippen molar-refractivity contribution in [2.75, 3.05) is 7.11 Å². The fourth-order valence-electron chi connectivity index (χ4n) is 1.97. The van der Waals surface area contributed by atoms with Crippen LogP contribution < -0.4 is 0 Å². The maximum atomic E-state index is 11.4. The van der Waals surface area contributed by atoms with Crippen LogP contribution in [0.1, 0.15) is 27.4 Å². The van der Waals surface area contributed by atoms with Crippen LogP contribution in [0, 0.1) is 0 Å². The van der Waals surface area contributed by atoms with Gasteiger partial charge in [-0.05, 0) is 29.3 Å². The molecule has 0 radical (unpaired) electrons. The van der Waals surface area contributed by atoms with Crippen molar-refractivity contribution in [2.24, 2.45) is 0 Å². The molecule has 96 valence electrons. The van der Waals surface area contributed by atoms with Gasteiger partial charge >= 0.3 is 5.97 Å². The Labute approximate surface area is 112 Å². The van der Waals surface area contributed by atoms with Crippen LogP contribution in [0.2, 0.25) is 0 Å². The van der Waals surface area contributed by atoms with Gasteiger partial charge in [0.15, 0.2) is 0 Å². The minimum absolute atomic E-state index is 0.0698. The first kappa shape index (κ1) is 13.0. The van der Waals surface area contributed by atoms with E-state index in [-0.39, 0.29) is 11.9 Å². The Bertz CT molecular complexity index is 561. The van der Waals surface area contributed by atoms with Gasteiger partial charge < -0.3 is 4.74 Å². The predicted octanol–water partition coefficient (Wildman–Crippen LogP) is 3.19. The van der Waals surface area contributed by atoms with E-state index < -0.39 is 0 Å². The molecule has 0 N–H and O–H groups in total. The molecule has 0 saturated carbocycles. The van der Waals surface area contributed by atoms with Crippen molar-refractivity contribution in [1.82, 2.24) is 4.98 Å². The van der Waals surface area contributed by atoms with E-state index in [4.69, 9.17) is 0 Å². The fraction of sp³-hybridized carbons (Fsp3) is 0.125. The molecule has 1 unspecified atom stereocenters. The Kier molecular flexibility index (Phi) is 4.08. The minimum Gasteiger partial charge on any atom is -0.465 e. The second kappa shape index (κ2) is 5.96. The van der Waals surface area contributed by atoms with E-state index in [1.807, 2.05) is 36.5 Å². The molecular formula is C16H15NO2. The van der Waals surface area contributed by atoms with Crippen LogP contribution in [0.25, 0.3) is 0 Å². The van der Waals surface area contributed by atoms with Crippen molar-refractivity contribution in [1.29, 1.82) is 0 Å². The van der Waals surface area contributed by atoms with E-state index >= 15 is 0 Å². The molecule has 0 spiro atoms. The van der Waals surface area contributed by atoms with Gasteiger partial charge in [-0.3, -0.25) is 4.98 Å². The first-order chi connectivity index (χ1) is 9.26. The van der Waals surface area contributed by atoms with Crippen LogP contribution in [0.3, 0.4) is 0 Å². The number of hydrogen-bond donors (Lipinski definition) is 0. The maximum Gasteiger partial charge on any atom is 0.337 e. The number of methoxy groups -OCH3 is 1. The molecule has 1 aromatic carbocycles. The summed E-state index contributed by atoms with van der Waals surface area (Å²) in [5.74, 6) is -0.261. The third kappa shape index (κ3) is 2.88. The molecule has 0 fully saturated rings. The quantitative estimate of drug-likeness (QED) is 0.620. The molecule has 0 saturated heterocycles. The molecule has 19 heavy (non-hydrogen) atoms. The third-order valence-corrected chi connectivity index (χ3v) is 2.97. The Morgan fingerprint density at radius 3 is 2.53 bits per heavy atom. The Morgan fingerprint density at radius 1 is 1.26 bits per heavy atom. The number of allylic oxidation sites excluding steroid dienone is 1. The molecule has 0 aliphatic rings. The number of ether oxygens (including phenoxy) is 1. The summed E-state index contributed by atoms with van der Waals surface area (Å²) in [6.07, 6.45) is 5.43. The van der Waals surface area contributed by atoms with Gasteiger partial charge in [0, 0.05) is 18.3 Å². The number of rotatable bonds is 4. The van der Waals surface area contributed by atoms with Crippen molar-refractivity contribution >= 4 is 5.97 Å². The number of esters is 1. The molecule has 1 aromatic heterocycles. The van der Waals surface area contributed by atoms with Gasteiger partial charge in [0.1, 0.15) is 0 Å². The van der Waals surface area contributed by atoms with Crippen molar-refractivity contribution in [3.05, 3.63) is 78.1 Å². The lowest BCUT2D eigenvalue weighted by Crippen LogP contribution is -2.02. The SMILES string of the molecule is C=CC(c1ccc(C(=O)OC)cc1)c1cccnc1. The zero-order valence-electron chi connectivity index (χ0n) is 10.7. The monoisotopic (exact) mass is 253 g/mol. The average Bonchev–Trinajstić information content (AvgIpc) is 2.49. The summed E-state index contributed by atoms with van der Waals surface area (Å²) in [5.41, 5.74) is 2.68. The Hall–Kier alpha value is -2.42. The van der Waals surface area contributed by atoms with E-state index in [1.165, 1.54) is 7.11 Å². The summed E-state index contributed by atoms with van der Waals surface area (Å²) in [5, 5.41) is 0. The Morgan fingerprint density at radius 2 is 2.00 bits per heavy atom. The zero-order valence-corrected chi connectivity index (χ0v) is 10.7. The average molecular weight is 253 g/mol. The number of aromatic nitrogens is 1. The second-order valence-corrected chi connectivity index (χ2v) is 4.11. The summed E-state index contributed by atoms with van der Waals surface area (Å²) >= 11 is 0. The van der Waals surface area contributed by atoms with Crippen molar-refractivity contribution in [3.8, 4) is 0 Å². The minimum atomic E-state index is -0.330. The van der Waals surface area contributed by atoms with Crippen LogP contribution in [0.4, 0.5) is 0 Å². The number of hydrogen-bond acceptors (Lipinski definition) is 3. The van der Waals surface area contributed by atoms with Gasteiger partial charge in [0.2, 0.25) is 0 Å². The molecule has 2 rings (SSSR count). The molecule has 0 aliphatic carbocycles. The van der Waals surface area contributed by atoms with E-state index in [2.05, 4.69) is 16.3 Å². The summed E-state index contributed by atoms with van der Waals surface area (Å²) in [6, 6.07) is 11.2. The van der Waals surface area contributed by atoms with Gasteiger partial charge in [0.25, 0.3) is 0 Å². The topological polar surface area (TPSA) is 39.2 Å². The molecule has 0 aliphatic heterocycles. The first-order valence-corrected chi connectivity index (χ1v) is 5.97. The molecule has 3 heteroatoms. The highest BCUT2D eigenvalue weighted by molar-refractivity contribution is 5.89. The zero-order chi connectivity index (χ0) is 13.7. The van der Waals surface area contributed by atoms with E-state index in [1.54, 1.807) is 18.3 Å². The number of carbonyl (C=O) groups is 1. The van der Waals surface area contributed by atoms with Crippen LogP contribution >= 0.6 is 0 Å². The second-order valence-electron chi connectivity index (χ2n) is 4.11. The normalized spacial score (nSPS) is 11.6. The van der Waals surface area contributed by atoms with Gasteiger partial charge in [-0.2, -0.15) is 0 Å². The number of benzene rings is 1. The molecule has 2 aromatic rings. The summed E-state index contributed by atoms with van der Waals surface area (Å²) in [6.45, 7) is 3.87. The third-order valence-electron chi connectivity index (χ3n) is 2.97. The van der Waals surface area contributed by atoms with E-state index in [9.17, 15) is 4.79 Å². The van der Waals surface area contributed by atoms with Crippen LogP contribution in [-0.2, 0) is 4.74 Å². The molecular weight excluding hydrogens is 238 g/mol. The molecule has 0 bridgehead atoms. The number of nitrogens with zero attached hydrogens (tertiary/aromatic N) is 1. The summed E-state index contributed by atoms with van der Waals surface area (Å²) in [4.78, 5) is 15.5.